The Balaban J connectivity index is 0.000000174. The van der Waals surface area contributed by atoms with Gasteiger partial charge < -0.3 is 4.98 Å². The molecule has 4 heteroatoms. The van der Waals surface area contributed by atoms with Crippen LogP contribution in [-0.2, 0) is 12.8 Å². The number of H-pyrrole nitrogens is 1. The number of benzene rings is 3. The minimum atomic E-state index is -0.0874. The molecule has 3 aromatic carbocycles. The van der Waals surface area contributed by atoms with Crippen LogP contribution in [0, 0.1) is 6.92 Å². The first-order chi connectivity index (χ1) is 16.2. The third kappa shape index (κ3) is 4.26. The number of para-hydroxylation sites is 1. The van der Waals surface area contributed by atoms with Crippen molar-refractivity contribution in [3.63, 3.8) is 0 Å². The molecule has 0 atom stereocenters. The summed E-state index contributed by atoms with van der Waals surface area (Å²) in [5.74, 6) is 0.694. The van der Waals surface area contributed by atoms with Gasteiger partial charge in [-0.25, -0.2) is 4.98 Å². The van der Waals surface area contributed by atoms with Crippen LogP contribution in [0.1, 0.15) is 41.5 Å². The minimum Gasteiger partial charge on any atom is -0.313 e. The fourth-order valence-electron chi connectivity index (χ4n) is 5.03. The van der Waals surface area contributed by atoms with Gasteiger partial charge in [0, 0.05) is 5.88 Å². The molecule has 0 radical (unpaired) electrons. The van der Waals surface area contributed by atoms with Crippen LogP contribution in [-0.4, -0.2) is 15.8 Å². The van der Waals surface area contributed by atoms with E-state index in [1.807, 2.05) is 18.2 Å². The van der Waals surface area contributed by atoms with Gasteiger partial charge >= 0.3 is 0 Å². The van der Waals surface area contributed by atoms with E-state index in [4.69, 9.17) is 11.6 Å². The Morgan fingerprint density at radius 3 is 2.76 bits per heavy atom. The molecule has 2 aliphatic rings. The van der Waals surface area contributed by atoms with E-state index in [9.17, 15) is 4.79 Å². The van der Waals surface area contributed by atoms with Crippen LogP contribution in [0.2, 0.25) is 0 Å². The number of allylic oxidation sites excluding steroid dienone is 4. The van der Waals surface area contributed by atoms with Gasteiger partial charge in [0.2, 0.25) is 0 Å². The number of rotatable bonds is 2. The number of fused-ring (bicyclic) bond motifs is 5. The standard InChI is InChI=1S/C21H21Cl.C8H6N2O/c1-14-12-17-7-9-19-18-5-3-2-4-15(18)6-8-20(19)21(17)13-16(14)10-11-22;11-8-6-3-1-2-4-7(6)9-5-10-8/h3,5,7,9,12-13H,2,4,6,8,10-11H2,1H3;1-5H,(H,9,10,11). The van der Waals surface area contributed by atoms with Crippen molar-refractivity contribution in [1.29, 1.82) is 0 Å². The highest BCUT2D eigenvalue weighted by Gasteiger charge is 2.20. The van der Waals surface area contributed by atoms with Gasteiger partial charge in [0.25, 0.3) is 5.56 Å². The highest BCUT2D eigenvalue weighted by Crippen LogP contribution is 2.40. The molecule has 6 rings (SSSR count). The van der Waals surface area contributed by atoms with Crippen molar-refractivity contribution in [2.24, 2.45) is 0 Å². The summed E-state index contributed by atoms with van der Waals surface area (Å²) < 4.78 is 0. The fourth-order valence-corrected chi connectivity index (χ4v) is 5.23. The number of halogens is 1. The van der Waals surface area contributed by atoms with Gasteiger partial charge in [-0.3, -0.25) is 4.79 Å². The van der Waals surface area contributed by atoms with Crippen LogP contribution < -0.4 is 5.56 Å². The Morgan fingerprint density at radius 2 is 1.91 bits per heavy atom. The Labute approximate surface area is 198 Å². The quantitative estimate of drug-likeness (QED) is 0.335. The van der Waals surface area contributed by atoms with Crippen molar-refractivity contribution >= 4 is 38.8 Å². The highest BCUT2D eigenvalue weighted by atomic mass is 35.5. The number of nitrogens with zero attached hydrogens (tertiary/aromatic N) is 1. The molecule has 0 saturated carbocycles. The molecule has 2 aliphatic carbocycles. The number of hydrogen-bond donors (Lipinski definition) is 1. The fraction of sp³-hybridized carbons (Fsp3) is 0.241. The summed E-state index contributed by atoms with van der Waals surface area (Å²) in [6.45, 7) is 2.20. The monoisotopic (exact) mass is 454 g/mol. The van der Waals surface area contributed by atoms with Crippen LogP contribution in [0.25, 0.3) is 27.2 Å². The molecule has 1 N–H and O–H groups in total. The molecule has 1 heterocycles. The first kappa shape index (κ1) is 21.7. The van der Waals surface area contributed by atoms with Gasteiger partial charge in [-0.05, 0) is 89.8 Å². The molecule has 33 heavy (non-hydrogen) atoms. The molecule has 0 fully saturated rings. The van der Waals surface area contributed by atoms with E-state index in [1.165, 1.54) is 65.0 Å². The second kappa shape index (κ2) is 9.36. The first-order valence-electron chi connectivity index (χ1n) is 11.6. The van der Waals surface area contributed by atoms with Crippen molar-refractivity contribution in [3.05, 3.63) is 105 Å². The number of aromatic amines is 1. The highest BCUT2D eigenvalue weighted by molar-refractivity contribution is 6.18. The molecule has 0 amide bonds. The molecule has 1 aromatic heterocycles. The third-order valence-corrected chi connectivity index (χ3v) is 6.93. The van der Waals surface area contributed by atoms with Crippen molar-refractivity contribution in [2.75, 3.05) is 5.88 Å². The van der Waals surface area contributed by atoms with E-state index in [1.54, 1.807) is 17.2 Å². The SMILES string of the molecule is Cc1cc2ccc3c(c2cc1CCCl)CCC1=C3C=CCC1.O=c1[nH]cnc2ccccc12. The average molecular weight is 455 g/mol. The maximum absolute atomic E-state index is 11.1. The van der Waals surface area contributed by atoms with E-state index < -0.39 is 0 Å². The number of nitrogens with one attached hydrogen (secondary N) is 1. The molecule has 166 valence electrons. The predicted molar refractivity (Wildman–Crippen MR) is 139 cm³/mol. The molecular weight excluding hydrogens is 428 g/mol. The zero-order chi connectivity index (χ0) is 22.8. The van der Waals surface area contributed by atoms with Crippen LogP contribution in [0.3, 0.4) is 0 Å². The number of aryl methyl sites for hydroxylation is 3. The van der Waals surface area contributed by atoms with Gasteiger partial charge in [0.05, 0.1) is 17.2 Å². The molecular formula is C29H27ClN2O. The van der Waals surface area contributed by atoms with Gasteiger partial charge in [-0.1, -0.05) is 54.1 Å². The smallest absolute Gasteiger partial charge is 0.258 e. The van der Waals surface area contributed by atoms with Gasteiger partial charge in [-0.15, -0.1) is 11.6 Å². The van der Waals surface area contributed by atoms with Gasteiger partial charge in [0.1, 0.15) is 0 Å². The largest absolute Gasteiger partial charge is 0.313 e. The second-order valence-electron chi connectivity index (χ2n) is 8.74. The molecule has 0 saturated heterocycles. The van der Waals surface area contributed by atoms with Crippen LogP contribution in [0.5, 0.6) is 0 Å². The Morgan fingerprint density at radius 1 is 1.03 bits per heavy atom. The predicted octanol–water partition coefficient (Wildman–Crippen LogP) is 6.90. The average Bonchev–Trinajstić information content (AvgIpc) is 2.85. The normalized spacial score (nSPS) is 14.6. The topological polar surface area (TPSA) is 45.8 Å². The lowest BCUT2D eigenvalue weighted by Gasteiger charge is -2.25. The van der Waals surface area contributed by atoms with E-state index in [0.29, 0.717) is 11.3 Å². The number of alkyl halides is 1. The number of aromatic nitrogens is 2. The summed E-state index contributed by atoms with van der Waals surface area (Å²) in [5, 5.41) is 3.45. The summed E-state index contributed by atoms with van der Waals surface area (Å²) in [7, 11) is 0. The van der Waals surface area contributed by atoms with Gasteiger partial charge in [0.15, 0.2) is 0 Å². The lowest BCUT2D eigenvalue weighted by atomic mass is 9.79. The van der Waals surface area contributed by atoms with Crippen molar-refractivity contribution < 1.29 is 0 Å². The summed E-state index contributed by atoms with van der Waals surface area (Å²) in [4.78, 5) is 17.6. The summed E-state index contributed by atoms with van der Waals surface area (Å²) in [6.07, 6.45) is 11.9. The zero-order valence-corrected chi connectivity index (χ0v) is 19.6. The van der Waals surface area contributed by atoms with Crippen molar-refractivity contribution in [3.8, 4) is 0 Å². The summed E-state index contributed by atoms with van der Waals surface area (Å²) in [6, 6.07) is 16.6. The lowest BCUT2D eigenvalue weighted by Crippen LogP contribution is -2.07. The van der Waals surface area contributed by atoms with E-state index in [0.717, 1.165) is 11.9 Å². The molecule has 0 spiro atoms. The molecule has 4 aromatic rings. The molecule has 0 bridgehead atoms. The zero-order valence-electron chi connectivity index (χ0n) is 18.8. The number of hydrogen-bond acceptors (Lipinski definition) is 2. The van der Waals surface area contributed by atoms with Crippen LogP contribution >= 0.6 is 11.6 Å². The summed E-state index contributed by atoms with van der Waals surface area (Å²) >= 11 is 5.98. The third-order valence-electron chi connectivity index (χ3n) is 6.74. The second-order valence-corrected chi connectivity index (χ2v) is 9.12. The minimum absolute atomic E-state index is 0.0874. The van der Waals surface area contributed by atoms with E-state index in [-0.39, 0.29) is 5.56 Å². The molecule has 0 unspecified atom stereocenters. The lowest BCUT2D eigenvalue weighted by molar-refractivity contribution is 0.831. The van der Waals surface area contributed by atoms with E-state index >= 15 is 0 Å². The molecule has 3 nitrogen and oxygen atoms in total. The Bertz CT molecular complexity index is 1460. The van der Waals surface area contributed by atoms with Gasteiger partial charge in [-0.2, -0.15) is 0 Å². The van der Waals surface area contributed by atoms with Crippen LogP contribution in [0.15, 0.2) is 77.4 Å². The summed E-state index contributed by atoms with van der Waals surface area (Å²) in [5.41, 5.74) is 9.56. The van der Waals surface area contributed by atoms with Crippen LogP contribution in [0.4, 0.5) is 0 Å². The molecule has 0 aliphatic heterocycles. The Hall–Kier alpha value is -3.17. The van der Waals surface area contributed by atoms with Crippen molar-refractivity contribution in [1.82, 2.24) is 9.97 Å². The maximum Gasteiger partial charge on any atom is 0.258 e. The van der Waals surface area contributed by atoms with E-state index in [2.05, 4.69) is 53.3 Å². The van der Waals surface area contributed by atoms with Crippen molar-refractivity contribution in [2.45, 2.75) is 39.0 Å². The first-order valence-corrected chi connectivity index (χ1v) is 12.1. The Kier molecular flexibility index (Phi) is 6.15. The maximum atomic E-state index is 11.1.